The second-order valence-electron chi connectivity index (χ2n) is 3.29. The molecule has 0 aromatic heterocycles. The van der Waals surface area contributed by atoms with E-state index in [0.29, 0.717) is 18.6 Å². The summed E-state index contributed by atoms with van der Waals surface area (Å²) in [5.41, 5.74) is 5.62. The van der Waals surface area contributed by atoms with Gasteiger partial charge in [-0.1, -0.05) is 6.92 Å². The van der Waals surface area contributed by atoms with Crippen LogP contribution in [0.5, 0.6) is 0 Å². The van der Waals surface area contributed by atoms with E-state index in [1.807, 2.05) is 0 Å². The molecule has 0 aromatic carbocycles. The lowest BCUT2D eigenvalue weighted by atomic mass is 10.2. The molecule has 1 rings (SSSR count). The minimum absolute atomic E-state index is 0.293. The van der Waals surface area contributed by atoms with Crippen molar-refractivity contribution in [3.05, 3.63) is 0 Å². The third-order valence-electron chi connectivity index (χ3n) is 2.05. The summed E-state index contributed by atoms with van der Waals surface area (Å²) in [5, 5.41) is 3.03. The van der Waals surface area contributed by atoms with Gasteiger partial charge in [-0.3, -0.25) is 4.99 Å². The normalized spacial score (nSPS) is 23.5. The number of hydrogen-bond acceptors (Lipinski definition) is 2. The average Bonchev–Trinajstić information content (AvgIpc) is 2.64. The second kappa shape index (κ2) is 5.80. The topological polar surface area (TPSA) is 59.6 Å². The largest absolute Gasteiger partial charge is 0.376 e. The van der Waals surface area contributed by atoms with E-state index in [1.165, 1.54) is 0 Å². The van der Waals surface area contributed by atoms with Gasteiger partial charge >= 0.3 is 0 Å². The highest BCUT2D eigenvalue weighted by Crippen LogP contribution is 2.11. The molecule has 1 heterocycles. The molecule has 1 aliphatic heterocycles. The summed E-state index contributed by atoms with van der Waals surface area (Å²) in [7, 11) is 0. The van der Waals surface area contributed by atoms with E-state index in [0.717, 1.165) is 32.4 Å². The summed E-state index contributed by atoms with van der Waals surface area (Å²) >= 11 is 0. The van der Waals surface area contributed by atoms with Crippen LogP contribution in [0.3, 0.4) is 0 Å². The van der Waals surface area contributed by atoms with Gasteiger partial charge in [0.05, 0.1) is 12.6 Å². The summed E-state index contributed by atoms with van der Waals surface area (Å²) in [6.07, 6.45) is 3.63. The summed E-state index contributed by atoms with van der Waals surface area (Å²) in [6.45, 7) is 4.56. The van der Waals surface area contributed by atoms with Crippen molar-refractivity contribution in [2.24, 2.45) is 10.7 Å². The Bertz CT molecular complexity index is 164. The molecule has 13 heavy (non-hydrogen) atoms. The summed E-state index contributed by atoms with van der Waals surface area (Å²) in [4.78, 5) is 4.20. The lowest BCUT2D eigenvalue weighted by Crippen LogP contribution is -2.33. The summed E-state index contributed by atoms with van der Waals surface area (Å²) in [5.74, 6) is 0.539. The van der Waals surface area contributed by atoms with Crippen molar-refractivity contribution < 1.29 is 4.74 Å². The molecule has 0 amide bonds. The number of aliphatic imine (C=N–C) groups is 1. The van der Waals surface area contributed by atoms with Gasteiger partial charge in [-0.05, 0) is 19.3 Å². The van der Waals surface area contributed by atoms with Crippen LogP contribution >= 0.6 is 0 Å². The number of ether oxygens (including phenoxy) is 1. The standard InChI is InChI=1S/C9H19N3O/c1-2-5-11-9(10)12-7-8-4-3-6-13-8/h8H,2-7H2,1H3,(H3,10,11,12). The van der Waals surface area contributed by atoms with Crippen molar-refractivity contribution in [2.45, 2.75) is 32.3 Å². The first-order valence-electron chi connectivity index (χ1n) is 4.98. The van der Waals surface area contributed by atoms with E-state index in [4.69, 9.17) is 10.5 Å². The van der Waals surface area contributed by atoms with E-state index in [9.17, 15) is 0 Å². The number of nitrogens with zero attached hydrogens (tertiary/aromatic N) is 1. The SMILES string of the molecule is CCCNC(N)=NCC1CCCO1. The predicted octanol–water partition coefficient (Wildman–Crippen LogP) is 0.480. The fraction of sp³-hybridized carbons (Fsp3) is 0.889. The molecule has 0 aromatic rings. The third kappa shape index (κ3) is 4.12. The Morgan fingerprint density at radius 1 is 1.69 bits per heavy atom. The molecule has 0 bridgehead atoms. The summed E-state index contributed by atoms with van der Waals surface area (Å²) in [6, 6.07) is 0. The molecule has 0 saturated carbocycles. The zero-order chi connectivity index (χ0) is 9.52. The maximum absolute atomic E-state index is 5.62. The van der Waals surface area contributed by atoms with E-state index in [2.05, 4.69) is 17.2 Å². The molecule has 76 valence electrons. The first kappa shape index (κ1) is 10.3. The van der Waals surface area contributed by atoms with Crippen molar-refractivity contribution in [1.29, 1.82) is 0 Å². The van der Waals surface area contributed by atoms with Crippen molar-refractivity contribution in [3.8, 4) is 0 Å². The zero-order valence-corrected chi connectivity index (χ0v) is 8.25. The Morgan fingerprint density at radius 2 is 2.54 bits per heavy atom. The minimum atomic E-state index is 0.293. The van der Waals surface area contributed by atoms with Gasteiger partial charge in [0.25, 0.3) is 0 Å². The number of nitrogens with two attached hydrogens (primary N) is 1. The molecule has 0 radical (unpaired) electrons. The van der Waals surface area contributed by atoms with Crippen LogP contribution in [0.25, 0.3) is 0 Å². The molecule has 3 N–H and O–H groups in total. The quantitative estimate of drug-likeness (QED) is 0.494. The fourth-order valence-corrected chi connectivity index (χ4v) is 1.30. The van der Waals surface area contributed by atoms with Gasteiger partial charge in [0.2, 0.25) is 0 Å². The van der Waals surface area contributed by atoms with Crippen molar-refractivity contribution in [2.75, 3.05) is 19.7 Å². The maximum Gasteiger partial charge on any atom is 0.188 e. The molecule has 4 heteroatoms. The van der Waals surface area contributed by atoms with E-state index in [-0.39, 0.29) is 0 Å². The second-order valence-corrected chi connectivity index (χ2v) is 3.29. The fourth-order valence-electron chi connectivity index (χ4n) is 1.30. The van der Waals surface area contributed by atoms with Crippen LogP contribution < -0.4 is 11.1 Å². The monoisotopic (exact) mass is 185 g/mol. The Balaban J connectivity index is 2.13. The molecule has 1 unspecified atom stereocenters. The first-order valence-corrected chi connectivity index (χ1v) is 4.98. The third-order valence-corrected chi connectivity index (χ3v) is 2.05. The van der Waals surface area contributed by atoms with Crippen LogP contribution in [-0.4, -0.2) is 31.8 Å². The van der Waals surface area contributed by atoms with Crippen molar-refractivity contribution in [3.63, 3.8) is 0 Å². The molecular formula is C9H19N3O. The number of hydrogen-bond donors (Lipinski definition) is 2. The van der Waals surface area contributed by atoms with Crippen molar-refractivity contribution in [1.82, 2.24) is 5.32 Å². The highest BCUT2D eigenvalue weighted by atomic mass is 16.5. The van der Waals surface area contributed by atoms with E-state index in [1.54, 1.807) is 0 Å². The molecule has 0 aliphatic carbocycles. The van der Waals surface area contributed by atoms with Crippen molar-refractivity contribution >= 4 is 5.96 Å². The summed E-state index contributed by atoms with van der Waals surface area (Å²) < 4.78 is 5.42. The molecule has 4 nitrogen and oxygen atoms in total. The number of nitrogens with one attached hydrogen (secondary N) is 1. The molecule has 0 spiro atoms. The highest BCUT2D eigenvalue weighted by Gasteiger charge is 2.14. The highest BCUT2D eigenvalue weighted by molar-refractivity contribution is 5.77. The Labute approximate surface area is 79.6 Å². The zero-order valence-electron chi connectivity index (χ0n) is 8.25. The predicted molar refractivity (Wildman–Crippen MR) is 53.8 cm³/mol. The Hall–Kier alpha value is -0.770. The van der Waals surface area contributed by atoms with Crippen LogP contribution in [0, 0.1) is 0 Å². The van der Waals surface area contributed by atoms with E-state index < -0.39 is 0 Å². The Kier molecular flexibility index (Phi) is 4.60. The lowest BCUT2D eigenvalue weighted by molar-refractivity contribution is 0.118. The smallest absolute Gasteiger partial charge is 0.188 e. The van der Waals surface area contributed by atoms with Crippen LogP contribution in [0.4, 0.5) is 0 Å². The molecule has 1 saturated heterocycles. The van der Waals surface area contributed by atoms with Gasteiger partial charge in [0.15, 0.2) is 5.96 Å². The maximum atomic E-state index is 5.62. The minimum Gasteiger partial charge on any atom is -0.376 e. The molecule has 1 fully saturated rings. The lowest BCUT2D eigenvalue weighted by Gasteiger charge is -2.07. The van der Waals surface area contributed by atoms with Crippen LogP contribution in [-0.2, 0) is 4.74 Å². The van der Waals surface area contributed by atoms with Gasteiger partial charge in [0.1, 0.15) is 0 Å². The van der Waals surface area contributed by atoms with Gasteiger partial charge in [-0.25, -0.2) is 0 Å². The number of guanidine groups is 1. The van der Waals surface area contributed by atoms with Gasteiger partial charge in [0, 0.05) is 13.2 Å². The first-order chi connectivity index (χ1) is 6.33. The van der Waals surface area contributed by atoms with Crippen LogP contribution in [0.1, 0.15) is 26.2 Å². The number of rotatable bonds is 4. The Morgan fingerprint density at radius 3 is 3.15 bits per heavy atom. The molecule has 1 atom stereocenters. The van der Waals surface area contributed by atoms with Crippen LogP contribution in [0.2, 0.25) is 0 Å². The van der Waals surface area contributed by atoms with E-state index >= 15 is 0 Å². The average molecular weight is 185 g/mol. The molecule has 1 aliphatic rings. The van der Waals surface area contributed by atoms with Gasteiger partial charge in [-0.2, -0.15) is 0 Å². The van der Waals surface area contributed by atoms with Gasteiger partial charge < -0.3 is 15.8 Å². The molecular weight excluding hydrogens is 166 g/mol. The van der Waals surface area contributed by atoms with Gasteiger partial charge in [-0.15, -0.1) is 0 Å². The van der Waals surface area contributed by atoms with Crippen LogP contribution in [0.15, 0.2) is 4.99 Å².